The summed E-state index contributed by atoms with van der Waals surface area (Å²) < 4.78 is 5.95. The Bertz CT molecular complexity index is 1140. The van der Waals surface area contributed by atoms with Crippen molar-refractivity contribution in [2.24, 2.45) is 5.10 Å². The molecule has 1 N–H and O–H groups in total. The van der Waals surface area contributed by atoms with Gasteiger partial charge in [0.25, 0.3) is 0 Å². The monoisotopic (exact) mass is 453 g/mol. The second-order valence-corrected chi connectivity index (χ2v) is 8.10. The fraction of sp³-hybridized carbons (Fsp3) is 0.0435. The van der Waals surface area contributed by atoms with E-state index in [0.717, 1.165) is 28.1 Å². The van der Waals surface area contributed by atoms with Gasteiger partial charge in [-0.2, -0.15) is 5.10 Å². The Balaban J connectivity index is 1.40. The molecule has 0 atom stereocenters. The number of hydrogen-bond acceptors (Lipinski definition) is 5. The molecule has 1 heterocycles. The van der Waals surface area contributed by atoms with Crippen molar-refractivity contribution < 1.29 is 4.74 Å². The van der Waals surface area contributed by atoms with Crippen LogP contribution in [0.25, 0.3) is 11.3 Å². The molecule has 3 aromatic carbocycles. The lowest BCUT2D eigenvalue weighted by molar-refractivity contribution is 0.306. The largest absolute Gasteiger partial charge is 0.488 e. The summed E-state index contributed by atoms with van der Waals surface area (Å²) in [6, 6.07) is 22.9. The quantitative estimate of drug-likeness (QED) is 0.238. The highest BCUT2D eigenvalue weighted by molar-refractivity contribution is 7.14. The van der Waals surface area contributed by atoms with Crippen molar-refractivity contribution in [1.29, 1.82) is 0 Å². The van der Waals surface area contributed by atoms with Crippen LogP contribution in [0.1, 0.15) is 11.1 Å². The van der Waals surface area contributed by atoms with E-state index in [1.54, 1.807) is 6.21 Å². The third-order valence-corrected chi connectivity index (χ3v) is 5.49. The van der Waals surface area contributed by atoms with Crippen LogP contribution in [0.2, 0.25) is 10.0 Å². The van der Waals surface area contributed by atoms with Gasteiger partial charge in [0.1, 0.15) is 12.4 Å². The second kappa shape index (κ2) is 9.76. The molecule has 0 radical (unpaired) electrons. The molecule has 0 bridgehead atoms. The Labute approximate surface area is 188 Å². The number of thiazole rings is 1. The van der Waals surface area contributed by atoms with E-state index in [2.05, 4.69) is 15.5 Å². The molecular formula is C23H17Cl2N3OS. The van der Waals surface area contributed by atoms with E-state index in [-0.39, 0.29) is 0 Å². The average Bonchev–Trinajstić information content (AvgIpc) is 3.23. The fourth-order valence-corrected chi connectivity index (χ4v) is 3.62. The summed E-state index contributed by atoms with van der Waals surface area (Å²) in [5.41, 5.74) is 6.78. The maximum absolute atomic E-state index is 5.95. The number of hydrogen-bond donors (Lipinski definition) is 1. The minimum absolute atomic E-state index is 0.451. The van der Waals surface area contributed by atoms with Gasteiger partial charge in [0, 0.05) is 26.6 Å². The Morgan fingerprint density at radius 1 is 0.933 bits per heavy atom. The molecule has 7 heteroatoms. The van der Waals surface area contributed by atoms with Crippen molar-refractivity contribution in [2.45, 2.75) is 6.61 Å². The molecular weight excluding hydrogens is 437 g/mol. The lowest BCUT2D eigenvalue weighted by atomic mass is 10.2. The number of hydrazone groups is 1. The normalized spacial score (nSPS) is 11.0. The van der Waals surface area contributed by atoms with Crippen LogP contribution in [-0.2, 0) is 6.61 Å². The summed E-state index contributed by atoms with van der Waals surface area (Å²) in [5, 5.41) is 8.41. The summed E-state index contributed by atoms with van der Waals surface area (Å²) >= 11 is 13.4. The Kier molecular flexibility index (Phi) is 6.64. The molecule has 4 aromatic rings. The van der Waals surface area contributed by atoms with Crippen LogP contribution in [0, 0.1) is 0 Å². The van der Waals surface area contributed by atoms with E-state index in [4.69, 9.17) is 27.9 Å². The highest BCUT2D eigenvalue weighted by Gasteiger charge is 2.05. The highest BCUT2D eigenvalue weighted by Crippen LogP contribution is 2.26. The molecule has 0 amide bonds. The van der Waals surface area contributed by atoms with Crippen LogP contribution in [0.4, 0.5) is 5.13 Å². The van der Waals surface area contributed by atoms with Gasteiger partial charge in [-0.3, -0.25) is 5.43 Å². The number of para-hydroxylation sites is 1. The molecule has 0 saturated heterocycles. The van der Waals surface area contributed by atoms with Crippen molar-refractivity contribution >= 4 is 45.9 Å². The van der Waals surface area contributed by atoms with Gasteiger partial charge in [-0.15, -0.1) is 11.3 Å². The third kappa shape index (κ3) is 5.39. The maximum atomic E-state index is 5.95. The third-order valence-electron chi connectivity index (χ3n) is 4.23. The van der Waals surface area contributed by atoms with E-state index in [0.29, 0.717) is 21.8 Å². The Morgan fingerprint density at radius 3 is 2.40 bits per heavy atom. The van der Waals surface area contributed by atoms with Gasteiger partial charge in [0.2, 0.25) is 5.13 Å². The summed E-state index contributed by atoms with van der Waals surface area (Å²) in [4.78, 5) is 4.56. The van der Waals surface area contributed by atoms with Crippen LogP contribution < -0.4 is 10.2 Å². The summed E-state index contributed by atoms with van der Waals surface area (Å²) in [6.45, 7) is 0.451. The van der Waals surface area contributed by atoms with Crippen LogP contribution >= 0.6 is 34.5 Å². The molecule has 0 fully saturated rings. The number of aromatic nitrogens is 1. The van der Waals surface area contributed by atoms with Crippen molar-refractivity contribution in [2.75, 3.05) is 5.43 Å². The van der Waals surface area contributed by atoms with Crippen LogP contribution in [-0.4, -0.2) is 11.2 Å². The Morgan fingerprint density at radius 2 is 1.63 bits per heavy atom. The van der Waals surface area contributed by atoms with Gasteiger partial charge >= 0.3 is 0 Å². The number of rotatable bonds is 7. The predicted molar refractivity (Wildman–Crippen MR) is 126 cm³/mol. The van der Waals surface area contributed by atoms with E-state index >= 15 is 0 Å². The molecule has 30 heavy (non-hydrogen) atoms. The number of ether oxygens (including phenoxy) is 1. The van der Waals surface area contributed by atoms with E-state index in [1.807, 2.05) is 78.2 Å². The minimum atomic E-state index is 0.451. The summed E-state index contributed by atoms with van der Waals surface area (Å²) in [5.74, 6) is 0.749. The zero-order valence-electron chi connectivity index (χ0n) is 15.8. The minimum Gasteiger partial charge on any atom is -0.488 e. The number of nitrogens with one attached hydrogen (secondary N) is 1. The number of benzene rings is 3. The van der Waals surface area contributed by atoms with Crippen LogP contribution in [0.3, 0.4) is 0 Å². The van der Waals surface area contributed by atoms with Gasteiger partial charge < -0.3 is 4.74 Å². The SMILES string of the molecule is Clc1ccc(COc2ccccc2/C=N\Nc2nc(-c3ccc(Cl)cc3)cs2)cc1. The number of anilines is 1. The zero-order chi connectivity index (χ0) is 20.8. The molecule has 150 valence electrons. The number of halogens is 2. The first-order chi connectivity index (χ1) is 14.7. The molecule has 0 saturated carbocycles. The summed E-state index contributed by atoms with van der Waals surface area (Å²) in [7, 11) is 0. The lowest BCUT2D eigenvalue weighted by Crippen LogP contribution is -1.99. The maximum Gasteiger partial charge on any atom is 0.203 e. The van der Waals surface area contributed by atoms with Crippen molar-refractivity contribution in [3.8, 4) is 17.0 Å². The molecule has 0 aliphatic carbocycles. The molecule has 4 nitrogen and oxygen atoms in total. The average molecular weight is 454 g/mol. The topological polar surface area (TPSA) is 46.5 Å². The summed E-state index contributed by atoms with van der Waals surface area (Å²) in [6.07, 6.45) is 1.72. The zero-order valence-corrected chi connectivity index (χ0v) is 18.1. The lowest BCUT2D eigenvalue weighted by Gasteiger charge is -2.09. The second-order valence-electron chi connectivity index (χ2n) is 6.37. The van der Waals surface area contributed by atoms with Crippen molar-refractivity contribution in [1.82, 2.24) is 4.98 Å². The first-order valence-electron chi connectivity index (χ1n) is 9.14. The molecule has 0 aliphatic rings. The fourth-order valence-electron chi connectivity index (χ4n) is 2.70. The molecule has 0 unspecified atom stereocenters. The standard InChI is InChI=1S/C23H17Cl2N3OS/c24-19-9-5-16(6-10-19)14-29-22-4-2-1-3-18(22)13-26-28-23-27-21(15-30-23)17-7-11-20(25)12-8-17/h1-13,15H,14H2,(H,27,28)/b26-13-. The highest BCUT2D eigenvalue weighted by atomic mass is 35.5. The first kappa shape index (κ1) is 20.4. The first-order valence-corrected chi connectivity index (χ1v) is 10.8. The smallest absolute Gasteiger partial charge is 0.203 e. The molecule has 0 spiro atoms. The van der Waals surface area contributed by atoms with Gasteiger partial charge in [-0.05, 0) is 42.0 Å². The van der Waals surface area contributed by atoms with Gasteiger partial charge in [-0.25, -0.2) is 4.98 Å². The Hall–Kier alpha value is -2.86. The molecule has 4 rings (SSSR count). The number of nitrogens with zero attached hydrogens (tertiary/aromatic N) is 2. The van der Waals surface area contributed by atoms with Gasteiger partial charge in [-0.1, -0.05) is 59.6 Å². The van der Waals surface area contributed by atoms with Crippen molar-refractivity contribution in [3.05, 3.63) is 99.3 Å². The molecule has 1 aromatic heterocycles. The van der Waals surface area contributed by atoms with Gasteiger partial charge in [0.15, 0.2) is 0 Å². The van der Waals surface area contributed by atoms with Crippen molar-refractivity contribution in [3.63, 3.8) is 0 Å². The van der Waals surface area contributed by atoms with Crippen LogP contribution in [0.5, 0.6) is 5.75 Å². The van der Waals surface area contributed by atoms with Gasteiger partial charge in [0.05, 0.1) is 11.9 Å². The van der Waals surface area contributed by atoms with E-state index in [1.165, 1.54) is 11.3 Å². The molecule has 0 aliphatic heterocycles. The predicted octanol–water partition coefficient (Wildman–Crippen LogP) is 7.14. The van der Waals surface area contributed by atoms with Crippen LogP contribution in [0.15, 0.2) is 83.3 Å². The van der Waals surface area contributed by atoms with E-state index in [9.17, 15) is 0 Å². The van der Waals surface area contributed by atoms with E-state index < -0.39 is 0 Å².